The lowest BCUT2D eigenvalue weighted by Crippen LogP contribution is -2.47. The number of nitrogens with zero attached hydrogens (tertiary/aromatic N) is 6. The zero-order valence-electron chi connectivity index (χ0n) is 20.5. The van der Waals surface area contributed by atoms with Crippen molar-refractivity contribution in [3.05, 3.63) is 102 Å². The summed E-state index contributed by atoms with van der Waals surface area (Å²) in [5.74, 6) is 1.04. The van der Waals surface area contributed by atoms with Crippen LogP contribution in [0.1, 0.15) is 43.3 Å². The van der Waals surface area contributed by atoms with Gasteiger partial charge in [0.25, 0.3) is 0 Å². The number of carbonyl (C=O) groups excluding carboxylic acids is 1. The molecule has 0 bridgehead atoms. The van der Waals surface area contributed by atoms with Gasteiger partial charge in [-0.3, -0.25) is 4.79 Å². The molecular weight excluding hydrogens is 448 g/mol. The fraction of sp³-hybridized carbons (Fsp3) is 0.310. The first-order valence-electron chi connectivity index (χ1n) is 12.5. The Kier molecular flexibility index (Phi) is 6.94. The summed E-state index contributed by atoms with van der Waals surface area (Å²) in [5, 5.41) is 0. The average molecular weight is 479 g/mol. The van der Waals surface area contributed by atoms with Gasteiger partial charge in [0.15, 0.2) is 5.69 Å². The van der Waals surface area contributed by atoms with Gasteiger partial charge in [-0.1, -0.05) is 74.4 Å². The first kappa shape index (κ1) is 23.6. The highest BCUT2D eigenvalue weighted by atomic mass is 16.2. The molecule has 0 saturated heterocycles. The van der Waals surface area contributed by atoms with Crippen molar-refractivity contribution in [2.75, 3.05) is 0 Å². The highest BCUT2D eigenvalue weighted by molar-refractivity contribution is 5.79. The number of imidazole rings is 2. The van der Waals surface area contributed by atoms with E-state index in [0.717, 1.165) is 54.1 Å². The summed E-state index contributed by atoms with van der Waals surface area (Å²) in [7, 11) is 0. The fourth-order valence-electron chi connectivity index (χ4n) is 4.84. The number of carbonyl (C=O) groups is 1. The van der Waals surface area contributed by atoms with Crippen molar-refractivity contribution >= 4 is 11.6 Å². The normalized spacial score (nSPS) is 14.9. The van der Waals surface area contributed by atoms with Crippen molar-refractivity contribution in [2.45, 2.75) is 58.3 Å². The molecule has 1 amide bonds. The minimum Gasteiger partial charge on any atom is -0.331 e. The molecule has 4 aromatic rings. The Morgan fingerprint density at radius 3 is 2.69 bits per heavy atom. The zero-order valence-corrected chi connectivity index (χ0v) is 20.5. The molecule has 1 aliphatic heterocycles. The van der Waals surface area contributed by atoms with Crippen LogP contribution in [0.2, 0.25) is 0 Å². The summed E-state index contributed by atoms with van der Waals surface area (Å²) >= 11 is 0. The number of rotatable bonds is 8. The van der Waals surface area contributed by atoms with Gasteiger partial charge in [-0.25, -0.2) is 14.8 Å². The maximum Gasteiger partial charge on any atom is 0.229 e. The predicted molar refractivity (Wildman–Crippen MR) is 139 cm³/mol. The van der Waals surface area contributed by atoms with Gasteiger partial charge in [0.1, 0.15) is 5.82 Å². The van der Waals surface area contributed by atoms with Crippen LogP contribution < -0.4 is 0 Å². The lowest BCUT2D eigenvalue weighted by Gasteiger charge is -2.36. The average Bonchev–Trinajstić information content (AvgIpc) is 3.54. The van der Waals surface area contributed by atoms with Crippen molar-refractivity contribution in [3.8, 4) is 11.3 Å². The fourth-order valence-corrected chi connectivity index (χ4v) is 4.84. The molecule has 0 spiro atoms. The second-order valence-electron chi connectivity index (χ2n) is 9.35. The molecule has 0 fully saturated rings. The summed E-state index contributed by atoms with van der Waals surface area (Å²) in [6.45, 7) is 11.2. The van der Waals surface area contributed by atoms with Crippen LogP contribution in [0.25, 0.3) is 16.1 Å². The second kappa shape index (κ2) is 10.6. The van der Waals surface area contributed by atoms with Crippen LogP contribution >= 0.6 is 0 Å². The molecule has 1 atom stereocenters. The van der Waals surface area contributed by atoms with Crippen LogP contribution in [0.4, 0.5) is 5.69 Å². The number of amides is 1. The molecule has 0 N–H and O–H groups in total. The van der Waals surface area contributed by atoms with E-state index in [0.29, 0.717) is 25.2 Å². The van der Waals surface area contributed by atoms with Gasteiger partial charge in [0.2, 0.25) is 5.91 Å². The topological polar surface area (TPSA) is 60.3 Å². The number of unbranched alkanes of at least 4 members (excludes halogenated alkanes) is 1. The zero-order chi connectivity index (χ0) is 24.9. The van der Waals surface area contributed by atoms with Crippen molar-refractivity contribution in [1.82, 2.24) is 24.0 Å². The minimum atomic E-state index is 0.108. The van der Waals surface area contributed by atoms with Gasteiger partial charge in [-0.05, 0) is 12.0 Å². The Bertz CT molecular complexity index is 1360. The molecule has 3 heterocycles. The SMILES string of the molecule is [C-]#[N+]c1ccc(Cn2cncc2CC(=O)N2Cc3nc(-c4ccccc4)cn3CC2CCCC)cc1. The Hall–Kier alpha value is -4.18. The van der Waals surface area contributed by atoms with E-state index < -0.39 is 0 Å². The number of hydrogen-bond acceptors (Lipinski definition) is 3. The maximum atomic E-state index is 13.6. The molecule has 7 heteroatoms. The number of aromatic nitrogens is 4. The van der Waals surface area contributed by atoms with Crippen LogP contribution in [-0.2, 0) is 30.8 Å². The van der Waals surface area contributed by atoms with E-state index in [1.165, 1.54) is 0 Å². The van der Waals surface area contributed by atoms with E-state index in [2.05, 4.69) is 39.6 Å². The molecule has 0 saturated carbocycles. The standard InChI is InChI=1S/C29H30N6O/c1-3-4-10-25-18-33-19-27(23-8-6-5-7-9-23)32-28(33)20-35(25)29(36)15-26-16-31-21-34(26)17-22-11-13-24(30-2)14-12-22/h5-9,11-14,16,19,21,25H,3-4,10,15,17-18,20H2,1H3. The molecule has 7 nitrogen and oxygen atoms in total. The van der Waals surface area contributed by atoms with Gasteiger partial charge < -0.3 is 14.0 Å². The van der Waals surface area contributed by atoms with Gasteiger partial charge in [-0.2, -0.15) is 0 Å². The van der Waals surface area contributed by atoms with Gasteiger partial charge in [-0.15, -0.1) is 0 Å². The van der Waals surface area contributed by atoms with Crippen LogP contribution in [0.15, 0.2) is 73.3 Å². The maximum absolute atomic E-state index is 13.6. The molecule has 2 aromatic heterocycles. The first-order chi connectivity index (χ1) is 17.6. The van der Waals surface area contributed by atoms with Gasteiger partial charge >= 0.3 is 0 Å². The molecule has 1 unspecified atom stereocenters. The summed E-state index contributed by atoms with van der Waals surface area (Å²) < 4.78 is 4.24. The lowest BCUT2D eigenvalue weighted by molar-refractivity contribution is -0.135. The largest absolute Gasteiger partial charge is 0.331 e. The third-order valence-electron chi connectivity index (χ3n) is 6.85. The lowest BCUT2D eigenvalue weighted by atomic mass is 10.1. The quantitative estimate of drug-likeness (QED) is 0.315. The Morgan fingerprint density at radius 2 is 1.94 bits per heavy atom. The van der Waals surface area contributed by atoms with Crippen molar-refractivity contribution in [3.63, 3.8) is 0 Å². The summed E-state index contributed by atoms with van der Waals surface area (Å²) in [6, 6.07) is 17.9. The van der Waals surface area contributed by atoms with E-state index >= 15 is 0 Å². The van der Waals surface area contributed by atoms with E-state index in [1.54, 1.807) is 12.5 Å². The minimum absolute atomic E-state index is 0.108. The Balaban J connectivity index is 1.34. The monoisotopic (exact) mass is 478 g/mol. The van der Waals surface area contributed by atoms with E-state index in [1.807, 2.05) is 51.9 Å². The van der Waals surface area contributed by atoms with Crippen LogP contribution in [-0.4, -0.2) is 36.0 Å². The molecule has 1 aliphatic rings. The molecular formula is C29H30N6O. The summed E-state index contributed by atoms with van der Waals surface area (Å²) in [5.41, 5.74) is 4.63. The highest BCUT2D eigenvalue weighted by Crippen LogP contribution is 2.26. The molecule has 0 aliphatic carbocycles. The van der Waals surface area contributed by atoms with E-state index in [9.17, 15) is 4.79 Å². The molecule has 0 radical (unpaired) electrons. The molecule has 36 heavy (non-hydrogen) atoms. The van der Waals surface area contributed by atoms with Gasteiger partial charge in [0, 0.05) is 36.7 Å². The van der Waals surface area contributed by atoms with Crippen molar-refractivity contribution < 1.29 is 4.79 Å². The second-order valence-corrected chi connectivity index (χ2v) is 9.35. The third-order valence-corrected chi connectivity index (χ3v) is 6.85. The number of fused-ring (bicyclic) bond motifs is 1. The number of hydrogen-bond donors (Lipinski definition) is 0. The van der Waals surface area contributed by atoms with Crippen LogP contribution in [0.3, 0.4) is 0 Å². The first-order valence-corrected chi connectivity index (χ1v) is 12.5. The Labute approximate surface area is 211 Å². The van der Waals surface area contributed by atoms with Crippen molar-refractivity contribution in [1.29, 1.82) is 0 Å². The van der Waals surface area contributed by atoms with Crippen LogP contribution in [0.5, 0.6) is 0 Å². The molecule has 5 rings (SSSR count). The van der Waals surface area contributed by atoms with Gasteiger partial charge in [0.05, 0.1) is 37.6 Å². The smallest absolute Gasteiger partial charge is 0.229 e. The molecule has 2 aromatic carbocycles. The molecule has 182 valence electrons. The van der Waals surface area contributed by atoms with Crippen LogP contribution in [0, 0.1) is 6.57 Å². The van der Waals surface area contributed by atoms with E-state index in [-0.39, 0.29) is 11.9 Å². The number of benzene rings is 2. The third kappa shape index (κ3) is 5.08. The summed E-state index contributed by atoms with van der Waals surface area (Å²) in [4.78, 5) is 28.3. The van der Waals surface area contributed by atoms with E-state index in [4.69, 9.17) is 11.6 Å². The summed E-state index contributed by atoms with van der Waals surface area (Å²) in [6.07, 6.45) is 9.15. The van der Waals surface area contributed by atoms with Crippen molar-refractivity contribution in [2.24, 2.45) is 0 Å². The Morgan fingerprint density at radius 1 is 1.14 bits per heavy atom. The highest BCUT2D eigenvalue weighted by Gasteiger charge is 2.31. The predicted octanol–water partition coefficient (Wildman–Crippen LogP) is 5.49.